The van der Waals surface area contributed by atoms with Gasteiger partial charge in [0.1, 0.15) is 5.41 Å². The van der Waals surface area contributed by atoms with Gasteiger partial charge in [0.25, 0.3) is 0 Å². The molecule has 1 aliphatic carbocycles. The lowest BCUT2D eigenvalue weighted by atomic mass is 9.75. The van der Waals surface area contributed by atoms with E-state index in [0.717, 1.165) is 16.7 Å². The van der Waals surface area contributed by atoms with Gasteiger partial charge in [-0.3, -0.25) is 4.79 Å². The monoisotopic (exact) mass is 253 g/mol. The molecule has 0 bridgehead atoms. The molecule has 0 aromatic heterocycles. The van der Waals surface area contributed by atoms with E-state index in [4.69, 9.17) is 5.73 Å². The number of rotatable bonds is 2. The third kappa shape index (κ3) is 1.59. The van der Waals surface area contributed by atoms with E-state index in [2.05, 4.69) is 0 Å². The summed E-state index contributed by atoms with van der Waals surface area (Å²) < 4.78 is 0. The maximum Gasteiger partial charge on any atom is 0.231 e. The maximum atomic E-state index is 12.1. The molecule has 3 heteroatoms. The van der Waals surface area contributed by atoms with Crippen LogP contribution < -0.4 is 5.73 Å². The number of primary amides is 1. The first-order valence-electron chi connectivity index (χ1n) is 6.27. The van der Waals surface area contributed by atoms with E-state index in [-0.39, 0.29) is 0 Å². The smallest absolute Gasteiger partial charge is 0.231 e. The average Bonchev–Trinajstić information content (AvgIpc) is 2.75. The van der Waals surface area contributed by atoms with Crippen molar-refractivity contribution in [1.82, 2.24) is 0 Å². The van der Waals surface area contributed by atoms with E-state index < -0.39 is 17.4 Å². The zero-order chi connectivity index (χ0) is 13.5. The van der Waals surface area contributed by atoms with Crippen molar-refractivity contribution in [3.8, 4) is 0 Å². The first-order valence-corrected chi connectivity index (χ1v) is 6.27. The quantitative estimate of drug-likeness (QED) is 0.855. The number of hydrogen-bond acceptors (Lipinski definition) is 2. The van der Waals surface area contributed by atoms with E-state index in [1.807, 2.05) is 54.6 Å². The summed E-state index contributed by atoms with van der Waals surface area (Å²) in [5.41, 5.74) is 7.14. The van der Waals surface area contributed by atoms with Crippen molar-refractivity contribution in [3.05, 3.63) is 71.3 Å². The summed E-state index contributed by atoms with van der Waals surface area (Å²) in [6.07, 6.45) is -0.437. The van der Waals surface area contributed by atoms with Crippen molar-refractivity contribution in [1.29, 1.82) is 0 Å². The number of carbonyl (C=O) groups is 1. The molecule has 2 unspecified atom stereocenters. The number of benzene rings is 2. The van der Waals surface area contributed by atoms with Crippen LogP contribution in [0.2, 0.25) is 0 Å². The molecule has 96 valence electrons. The average molecular weight is 253 g/mol. The summed E-state index contributed by atoms with van der Waals surface area (Å²) in [5.74, 6) is -0.484. The lowest BCUT2D eigenvalue weighted by Gasteiger charge is -2.30. The second kappa shape index (κ2) is 4.21. The van der Waals surface area contributed by atoms with Gasteiger partial charge in [-0.05, 0) is 23.1 Å². The fourth-order valence-corrected chi connectivity index (χ4v) is 2.98. The van der Waals surface area contributed by atoms with Crippen molar-refractivity contribution in [2.45, 2.75) is 17.9 Å². The highest BCUT2D eigenvalue weighted by molar-refractivity contribution is 5.89. The molecule has 3 N–H and O–H groups in total. The number of amides is 1. The van der Waals surface area contributed by atoms with Crippen molar-refractivity contribution in [2.75, 3.05) is 0 Å². The van der Waals surface area contributed by atoms with Crippen molar-refractivity contribution < 1.29 is 9.90 Å². The molecule has 1 amide bonds. The topological polar surface area (TPSA) is 63.3 Å². The highest BCUT2D eigenvalue weighted by Gasteiger charge is 2.51. The van der Waals surface area contributed by atoms with Gasteiger partial charge in [-0.25, -0.2) is 0 Å². The largest absolute Gasteiger partial charge is 0.387 e. The second-order valence-corrected chi connectivity index (χ2v) is 4.98. The van der Waals surface area contributed by atoms with Crippen molar-refractivity contribution >= 4 is 5.91 Å². The fraction of sp³-hybridized carbons (Fsp3) is 0.188. The Morgan fingerprint density at radius 3 is 2.37 bits per heavy atom. The van der Waals surface area contributed by atoms with E-state index in [9.17, 15) is 9.90 Å². The Bertz CT molecular complexity index is 624. The first kappa shape index (κ1) is 11.9. The van der Waals surface area contributed by atoms with Gasteiger partial charge in [-0.15, -0.1) is 0 Å². The number of aliphatic hydroxyl groups excluding tert-OH is 1. The molecule has 3 rings (SSSR count). The molecule has 2 aromatic rings. The molecule has 0 fully saturated rings. The molecule has 2 aromatic carbocycles. The Balaban J connectivity index is 2.19. The number of hydrogen-bond donors (Lipinski definition) is 2. The van der Waals surface area contributed by atoms with Gasteiger partial charge in [0.2, 0.25) is 5.91 Å². The Labute approximate surface area is 111 Å². The molecule has 0 spiro atoms. The summed E-state index contributed by atoms with van der Waals surface area (Å²) in [6, 6.07) is 16.9. The number of aliphatic hydroxyl groups is 1. The van der Waals surface area contributed by atoms with Gasteiger partial charge in [-0.1, -0.05) is 54.6 Å². The van der Waals surface area contributed by atoms with Crippen LogP contribution in [0, 0.1) is 0 Å². The van der Waals surface area contributed by atoms with Gasteiger partial charge in [0.15, 0.2) is 0 Å². The zero-order valence-corrected chi connectivity index (χ0v) is 10.4. The molecule has 0 heterocycles. The molecule has 0 radical (unpaired) electrons. The standard InChI is InChI=1S/C16H15NO2/c17-15(19)16(12-7-2-1-3-8-12)10-11-6-4-5-9-13(11)14(16)18/h1-9,14,18H,10H2,(H2,17,19). The predicted octanol–water partition coefficient (Wildman–Crippen LogP) is 1.70. The zero-order valence-electron chi connectivity index (χ0n) is 10.4. The van der Waals surface area contributed by atoms with E-state index in [1.165, 1.54) is 0 Å². The third-order valence-electron chi connectivity index (χ3n) is 4.01. The highest BCUT2D eigenvalue weighted by atomic mass is 16.3. The highest BCUT2D eigenvalue weighted by Crippen LogP contribution is 2.47. The Morgan fingerprint density at radius 2 is 1.74 bits per heavy atom. The van der Waals surface area contributed by atoms with E-state index >= 15 is 0 Å². The molecule has 0 aliphatic heterocycles. The number of nitrogens with two attached hydrogens (primary N) is 1. The van der Waals surface area contributed by atoms with Crippen LogP contribution in [0.25, 0.3) is 0 Å². The van der Waals surface area contributed by atoms with Crippen LogP contribution in [0.15, 0.2) is 54.6 Å². The van der Waals surface area contributed by atoms with Crippen molar-refractivity contribution in [2.24, 2.45) is 5.73 Å². The number of carbonyl (C=O) groups excluding carboxylic acids is 1. The van der Waals surface area contributed by atoms with Crippen LogP contribution >= 0.6 is 0 Å². The summed E-state index contributed by atoms with van der Waals surface area (Å²) in [6.45, 7) is 0. The summed E-state index contributed by atoms with van der Waals surface area (Å²) >= 11 is 0. The minimum absolute atomic E-state index is 0.448. The first-order chi connectivity index (χ1) is 9.16. The molecule has 3 nitrogen and oxygen atoms in total. The van der Waals surface area contributed by atoms with Gasteiger partial charge in [0.05, 0.1) is 6.10 Å². The molecule has 0 saturated carbocycles. The van der Waals surface area contributed by atoms with Crippen molar-refractivity contribution in [3.63, 3.8) is 0 Å². The predicted molar refractivity (Wildman–Crippen MR) is 72.4 cm³/mol. The Morgan fingerprint density at radius 1 is 1.11 bits per heavy atom. The lowest BCUT2D eigenvalue weighted by Crippen LogP contribution is -2.44. The second-order valence-electron chi connectivity index (χ2n) is 4.98. The van der Waals surface area contributed by atoms with Crippen LogP contribution in [0.1, 0.15) is 22.8 Å². The van der Waals surface area contributed by atoms with Crippen LogP contribution in [0.3, 0.4) is 0 Å². The van der Waals surface area contributed by atoms with Gasteiger partial charge in [-0.2, -0.15) is 0 Å². The SMILES string of the molecule is NC(=O)C1(c2ccccc2)Cc2ccccc2C1O. The summed E-state index contributed by atoms with van der Waals surface area (Å²) in [4.78, 5) is 12.1. The van der Waals surface area contributed by atoms with Crippen LogP contribution in [0.4, 0.5) is 0 Å². The van der Waals surface area contributed by atoms with Gasteiger partial charge < -0.3 is 10.8 Å². The normalized spacial score (nSPS) is 25.0. The lowest BCUT2D eigenvalue weighted by molar-refractivity contribution is -0.127. The van der Waals surface area contributed by atoms with E-state index in [1.54, 1.807) is 0 Å². The Kier molecular flexibility index (Phi) is 2.64. The third-order valence-corrected chi connectivity index (χ3v) is 4.01. The minimum Gasteiger partial charge on any atom is -0.387 e. The Hall–Kier alpha value is -2.13. The number of fused-ring (bicyclic) bond motifs is 1. The van der Waals surface area contributed by atoms with E-state index in [0.29, 0.717) is 6.42 Å². The van der Waals surface area contributed by atoms with Crippen LogP contribution in [0.5, 0.6) is 0 Å². The maximum absolute atomic E-state index is 12.1. The summed E-state index contributed by atoms with van der Waals surface area (Å²) in [7, 11) is 0. The fourth-order valence-electron chi connectivity index (χ4n) is 2.98. The molecular weight excluding hydrogens is 238 g/mol. The van der Waals surface area contributed by atoms with Gasteiger partial charge >= 0.3 is 0 Å². The summed E-state index contributed by atoms with van der Waals surface area (Å²) in [5, 5.41) is 10.6. The minimum atomic E-state index is -1.05. The molecular formula is C16H15NO2. The molecule has 19 heavy (non-hydrogen) atoms. The molecule has 2 atom stereocenters. The van der Waals surface area contributed by atoms with Crippen LogP contribution in [-0.4, -0.2) is 11.0 Å². The molecule has 0 saturated heterocycles. The van der Waals surface area contributed by atoms with Crippen LogP contribution in [-0.2, 0) is 16.6 Å². The molecule has 1 aliphatic rings. The van der Waals surface area contributed by atoms with Gasteiger partial charge in [0, 0.05) is 0 Å².